The van der Waals surface area contributed by atoms with Crippen LogP contribution in [0, 0.1) is 16.2 Å². The lowest BCUT2D eigenvalue weighted by Crippen LogP contribution is -2.32. The molecule has 0 spiro atoms. The molecule has 0 radical (unpaired) electrons. The first-order valence-electron chi connectivity index (χ1n) is 16.5. The van der Waals surface area contributed by atoms with Gasteiger partial charge in [-0.25, -0.2) is 4.79 Å². The maximum absolute atomic E-state index is 11.6. The highest BCUT2D eigenvalue weighted by Gasteiger charge is 2.35. The number of methoxy groups -OCH3 is 1. The van der Waals surface area contributed by atoms with E-state index in [2.05, 4.69) is 0 Å². The quantitative estimate of drug-likeness (QED) is 0.0823. The van der Waals surface area contributed by atoms with Crippen molar-refractivity contribution < 1.29 is 52.3 Å². The first-order valence-corrected chi connectivity index (χ1v) is 16.5. The van der Waals surface area contributed by atoms with E-state index in [0.717, 1.165) is 25.7 Å². The molecule has 0 amide bonds. The van der Waals surface area contributed by atoms with Crippen molar-refractivity contribution in [1.29, 1.82) is 0 Å². The van der Waals surface area contributed by atoms with Crippen LogP contribution in [0.5, 0.6) is 0 Å². The number of esters is 4. The number of hydrogen-bond acceptors (Lipinski definition) is 11. The van der Waals surface area contributed by atoms with Gasteiger partial charge in [-0.3, -0.25) is 14.4 Å². The second-order valence-corrected chi connectivity index (χ2v) is 13.3. The van der Waals surface area contributed by atoms with E-state index in [1.54, 1.807) is 21.0 Å². The van der Waals surface area contributed by atoms with Crippen molar-refractivity contribution in [3.05, 3.63) is 0 Å². The largest absolute Gasteiger partial charge is 0.463 e. The molecule has 0 aromatic rings. The van der Waals surface area contributed by atoms with Gasteiger partial charge in [0.1, 0.15) is 6.61 Å². The number of cyclic esters (lactones) is 1. The van der Waals surface area contributed by atoms with Gasteiger partial charge in [0.25, 0.3) is 0 Å². The smallest absolute Gasteiger partial charge is 0.347 e. The average molecular weight is 647 g/mol. The predicted molar refractivity (Wildman–Crippen MR) is 170 cm³/mol. The van der Waals surface area contributed by atoms with E-state index in [-0.39, 0.29) is 24.7 Å². The molecule has 1 atom stereocenters. The summed E-state index contributed by atoms with van der Waals surface area (Å²) in [7, 11) is 1.62. The molecule has 1 unspecified atom stereocenters. The molecule has 0 bridgehead atoms. The van der Waals surface area contributed by atoms with Gasteiger partial charge in [0.05, 0.1) is 48.8 Å². The zero-order chi connectivity index (χ0) is 34.5. The minimum Gasteiger partial charge on any atom is -0.463 e. The summed E-state index contributed by atoms with van der Waals surface area (Å²) in [5.74, 6) is -1.08. The summed E-state index contributed by atoms with van der Waals surface area (Å²) in [6, 6.07) is 0. The van der Waals surface area contributed by atoms with Crippen molar-refractivity contribution in [2.45, 2.75) is 132 Å². The van der Waals surface area contributed by atoms with Gasteiger partial charge in [-0.05, 0) is 73.6 Å². The fraction of sp³-hybridized carbons (Fsp3) is 0.882. The van der Waals surface area contributed by atoms with Gasteiger partial charge in [-0.1, -0.05) is 40.0 Å². The Morgan fingerprint density at radius 2 is 1.22 bits per heavy atom. The van der Waals surface area contributed by atoms with Crippen molar-refractivity contribution in [2.75, 3.05) is 46.9 Å². The molecule has 1 aliphatic carbocycles. The SMILES string of the molecule is CCC(C)(C)C(=O)OC1CCOC1=O.CCC(C)(C)C(=O)OCCOCCOC.CCC(C)(C)C(=O)OCOC1CCCCC1. The lowest BCUT2D eigenvalue weighted by molar-refractivity contribution is -0.172. The minimum atomic E-state index is -0.687. The van der Waals surface area contributed by atoms with E-state index in [4.69, 9.17) is 33.2 Å². The third-order valence-electron chi connectivity index (χ3n) is 8.38. The van der Waals surface area contributed by atoms with E-state index >= 15 is 0 Å². The van der Waals surface area contributed by atoms with Crippen LogP contribution in [0.15, 0.2) is 0 Å². The van der Waals surface area contributed by atoms with Crippen LogP contribution in [0.2, 0.25) is 0 Å². The van der Waals surface area contributed by atoms with Crippen molar-refractivity contribution in [3.63, 3.8) is 0 Å². The lowest BCUT2D eigenvalue weighted by atomic mass is 9.90. The second-order valence-electron chi connectivity index (χ2n) is 13.3. The lowest BCUT2D eigenvalue weighted by Gasteiger charge is -2.24. The van der Waals surface area contributed by atoms with Crippen molar-refractivity contribution in [2.24, 2.45) is 16.2 Å². The summed E-state index contributed by atoms with van der Waals surface area (Å²) in [6.07, 6.45) is 8.33. The molecule has 1 saturated heterocycles. The third kappa shape index (κ3) is 17.9. The topological polar surface area (TPSA) is 133 Å². The molecule has 2 fully saturated rings. The summed E-state index contributed by atoms with van der Waals surface area (Å²) in [5, 5.41) is 0. The summed E-state index contributed by atoms with van der Waals surface area (Å²) >= 11 is 0. The summed E-state index contributed by atoms with van der Waals surface area (Å²) in [4.78, 5) is 45.7. The molecule has 264 valence electrons. The summed E-state index contributed by atoms with van der Waals surface area (Å²) in [5.41, 5.74) is -1.31. The fourth-order valence-corrected chi connectivity index (χ4v) is 3.55. The van der Waals surface area contributed by atoms with E-state index in [0.29, 0.717) is 52.0 Å². The Morgan fingerprint density at radius 1 is 0.711 bits per heavy atom. The second kappa shape index (κ2) is 22.3. The molecule has 0 N–H and O–H groups in total. The van der Waals surface area contributed by atoms with Gasteiger partial charge < -0.3 is 33.2 Å². The Morgan fingerprint density at radius 3 is 1.71 bits per heavy atom. The zero-order valence-electron chi connectivity index (χ0n) is 29.8. The van der Waals surface area contributed by atoms with Crippen LogP contribution in [-0.4, -0.2) is 83.0 Å². The molecule has 11 nitrogen and oxygen atoms in total. The maximum Gasteiger partial charge on any atom is 0.347 e. The Kier molecular flexibility index (Phi) is 21.2. The predicted octanol–water partition coefficient (Wildman–Crippen LogP) is 6.18. The van der Waals surface area contributed by atoms with Gasteiger partial charge in [0, 0.05) is 13.5 Å². The Bertz CT molecular complexity index is 860. The van der Waals surface area contributed by atoms with Crippen LogP contribution < -0.4 is 0 Å². The van der Waals surface area contributed by atoms with Gasteiger partial charge in [0.15, 0.2) is 6.79 Å². The first kappa shape index (κ1) is 42.8. The monoisotopic (exact) mass is 646 g/mol. The van der Waals surface area contributed by atoms with Crippen LogP contribution in [-0.2, 0) is 52.3 Å². The molecule has 1 heterocycles. The Balaban J connectivity index is 0.000000647. The number of carbonyl (C=O) groups excluding carboxylic acids is 4. The van der Waals surface area contributed by atoms with Crippen molar-refractivity contribution in [1.82, 2.24) is 0 Å². The van der Waals surface area contributed by atoms with Crippen molar-refractivity contribution in [3.8, 4) is 0 Å². The molecule has 45 heavy (non-hydrogen) atoms. The van der Waals surface area contributed by atoms with Gasteiger partial charge in [-0.2, -0.15) is 0 Å². The highest BCUT2D eigenvalue weighted by Crippen LogP contribution is 2.25. The molecule has 2 aliphatic rings. The van der Waals surface area contributed by atoms with Gasteiger partial charge >= 0.3 is 23.9 Å². The Labute approximate surface area is 271 Å². The normalized spacial score (nSPS) is 17.2. The minimum absolute atomic E-state index is 0.118. The molecule has 11 heteroatoms. The molecule has 0 aromatic carbocycles. The molecule has 0 aromatic heterocycles. The highest BCUT2D eigenvalue weighted by atomic mass is 16.7. The van der Waals surface area contributed by atoms with Gasteiger partial charge in [-0.15, -0.1) is 0 Å². The van der Waals surface area contributed by atoms with Crippen LogP contribution in [0.25, 0.3) is 0 Å². The number of carbonyl (C=O) groups is 4. The molecular formula is C34H62O11. The fourth-order valence-electron chi connectivity index (χ4n) is 3.55. The third-order valence-corrected chi connectivity index (χ3v) is 8.38. The number of rotatable bonds is 16. The summed E-state index contributed by atoms with van der Waals surface area (Å²) in [6.45, 7) is 19.3. The Hall–Kier alpha value is -2.24. The molecular weight excluding hydrogens is 584 g/mol. The van der Waals surface area contributed by atoms with Crippen LogP contribution in [0.3, 0.4) is 0 Å². The first-order chi connectivity index (χ1) is 21.1. The highest BCUT2D eigenvalue weighted by molar-refractivity contribution is 5.82. The van der Waals surface area contributed by atoms with Crippen LogP contribution >= 0.6 is 0 Å². The van der Waals surface area contributed by atoms with Crippen molar-refractivity contribution >= 4 is 23.9 Å². The van der Waals surface area contributed by atoms with Gasteiger partial charge in [0.2, 0.25) is 6.10 Å². The molecule has 2 rings (SSSR count). The van der Waals surface area contributed by atoms with Crippen LogP contribution in [0.4, 0.5) is 0 Å². The molecule has 1 saturated carbocycles. The van der Waals surface area contributed by atoms with E-state index in [1.165, 1.54) is 19.3 Å². The average Bonchev–Trinajstić information content (AvgIpc) is 3.43. The summed E-state index contributed by atoms with van der Waals surface area (Å²) < 4.78 is 35.5. The van der Waals surface area contributed by atoms with Crippen LogP contribution in [0.1, 0.15) is 120 Å². The number of hydrogen-bond donors (Lipinski definition) is 0. The molecule has 1 aliphatic heterocycles. The maximum atomic E-state index is 11.6. The van der Waals surface area contributed by atoms with E-state index < -0.39 is 28.3 Å². The standard InChI is InChI=1S/C13H24O3.C11H22O4.C10H16O4/c1-4-13(2,3)12(14)16-10-15-11-8-6-5-7-9-11;1-5-11(2,3)10(12)15-9-8-14-7-6-13-4;1-4-10(2,3)9(12)14-7-5-6-13-8(7)11/h11H,4-10H2,1-3H3;5-9H2,1-4H3;7H,4-6H2,1-3H3. The number of ether oxygens (including phenoxy) is 7. The van der Waals surface area contributed by atoms with E-state index in [1.807, 2.05) is 48.5 Å². The zero-order valence-corrected chi connectivity index (χ0v) is 29.8. The van der Waals surface area contributed by atoms with E-state index in [9.17, 15) is 19.2 Å².